The van der Waals surface area contributed by atoms with Crippen molar-refractivity contribution in [2.24, 2.45) is 0 Å². The first-order valence-corrected chi connectivity index (χ1v) is 4.67. The van der Waals surface area contributed by atoms with Gasteiger partial charge in [0.15, 0.2) is 0 Å². The van der Waals surface area contributed by atoms with E-state index in [1.54, 1.807) is 0 Å². The Morgan fingerprint density at radius 3 is 3.23 bits per heavy atom. The minimum Gasteiger partial charge on any atom is -0.493 e. The van der Waals surface area contributed by atoms with E-state index in [0.29, 0.717) is 0 Å². The number of fused-ring (bicyclic) bond motifs is 3. The van der Waals surface area contributed by atoms with Crippen LogP contribution in [0.15, 0.2) is 24.4 Å². The number of rotatable bonds is 0. The fraction of sp³-hybridized carbons (Fsp3) is 0.273. The standard InChI is InChI=1S/C11H11NO/c1-2-8-3-4-10-9(5-6-12-10)11(8)13-7-1/h3-6,12H,1-2,7H2. The molecule has 0 saturated heterocycles. The summed E-state index contributed by atoms with van der Waals surface area (Å²) in [5.74, 6) is 1.09. The minimum absolute atomic E-state index is 0.858. The van der Waals surface area contributed by atoms with Crippen LogP contribution in [0.2, 0.25) is 0 Å². The second kappa shape index (κ2) is 2.52. The third-order valence-electron chi connectivity index (χ3n) is 2.60. The fourth-order valence-electron chi connectivity index (χ4n) is 1.95. The maximum absolute atomic E-state index is 5.68. The Bertz CT molecular complexity index is 444. The van der Waals surface area contributed by atoms with Gasteiger partial charge in [0.05, 0.1) is 6.61 Å². The zero-order valence-corrected chi connectivity index (χ0v) is 7.34. The second-order valence-corrected chi connectivity index (χ2v) is 3.44. The normalized spacial score (nSPS) is 15.4. The summed E-state index contributed by atoms with van der Waals surface area (Å²) in [5, 5.41) is 1.22. The number of aryl methyl sites for hydroxylation is 1. The largest absolute Gasteiger partial charge is 0.493 e. The Kier molecular flexibility index (Phi) is 1.36. The molecule has 1 aromatic carbocycles. The molecule has 0 fully saturated rings. The first-order valence-electron chi connectivity index (χ1n) is 4.67. The zero-order chi connectivity index (χ0) is 8.67. The number of hydrogen-bond acceptors (Lipinski definition) is 1. The van der Waals surface area contributed by atoms with Crippen molar-refractivity contribution in [1.82, 2.24) is 4.98 Å². The van der Waals surface area contributed by atoms with Crippen LogP contribution in [0.5, 0.6) is 5.75 Å². The van der Waals surface area contributed by atoms with Crippen LogP contribution in [-0.2, 0) is 6.42 Å². The average Bonchev–Trinajstić information content (AvgIpc) is 2.65. The number of nitrogens with one attached hydrogen (secondary N) is 1. The number of aromatic nitrogens is 1. The van der Waals surface area contributed by atoms with Crippen molar-refractivity contribution < 1.29 is 4.74 Å². The van der Waals surface area contributed by atoms with E-state index in [1.807, 2.05) is 6.20 Å². The van der Waals surface area contributed by atoms with Crippen LogP contribution in [0.4, 0.5) is 0 Å². The van der Waals surface area contributed by atoms with E-state index in [1.165, 1.54) is 16.5 Å². The lowest BCUT2D eigenvalue weighted by atomic mass is 10.0. The van der Waals surface area contributed by atoms with Gasteiger partial charge in [0.1, 0.15) is 5.75 Å². The third-order valence-corrected chi connectivity index (χ3v) is 2.60. The Hall–Kier alpha value is -1.44. The quantitative estimate of drug-likeness (QED) is 0.650. The molecule has 1 N–H and O–H groups in total. The maximum Gasteiger partial charge on any atom is 0.131 e. The molecule has 0 bridgehead atoms. The molecular formula is C11H11NO. The fourth-order valence-corrected chi connectivity index (χ4v) is 1.95. The van der Waals surface area contributed by atoms with Crippen LogP contribution in [0.3, 0.4) is 0 Å². The van der Waals surface area contributed by atoms with Gasteiger partial charge in [0.2, 0.25) is 0 Å². The van der Waals surface area contributed by atoms with Crippen molar-refractivity contribution in [3.05, 3.63) is 30.0 Å². The predicted octanol–water partition coefficient (Wildman–Crippen LogP) is 2.49. The number of aromatic amines is 1. The van der Waals surface area contributed by atoms with Crippen molar-refractivity contribution in [2.75, 3.05) is 6.61 Å². The highest BCUT2D eigenvalue weighted by molar-refractivity contribution is 5.87. The van der Waals surface area contributed by atoms with Gasteiger partial charge in [0, 0.05) is 17.1 Å². The lowest BCUT2D eigenvalue weighted by molar-refractivity contribution is 0.292. The van der Waals surface area contributed by atoms with E-state index < -0.39 is 0 Å². The summed E-state index contributed by atoms with van der Waals surface area (Å²) in [6.07, 6.45) is 4.25. The molecule has 2 nitrogen and oxygen atoms in total. The third kappa shape index (κ3) is 0.949. The Balaban J connectivity index is 2.34. The molecule has 0 radical (unpaired) electrons. The number of hydrogen-bond donors (Lipinski definition) is 1. The summed E-state index contributed by atoms with van der Waals surface area (Å²) in [6.45, 7) is 0.858. The average molecular weight is 173 g/mol. The highest BCUT2D eigenvalue weighted by Gasteiger charge is 2.13. The SMILES string of the molecule is c1cc2c3c(ccc2[nH]1)CCCO3. The molecule has 3 rings (SSSR count). The van der Waals surface area contributed by atoms with Gasteiger partial charge in [-0.1, -0.05) is 6.07 Å². The zero-order valence-electron chi connectivity index (χ0n) is 7.34. The van der Waals surface area contributed by atoms with Gasteiger partial charge in [-0.05, 0) is 30.5 Å². The van der Waals surface area contributed by atoms with E-state index in [-0.39, 0.29) is 0 Å². The van der Waals surface area contributed by atoms with E-state index >= 15 is 0 Å². The van der Waals surface area contributed by atoms with Crippen molar-refractivity contribution >= 4 is 10.9 Å². The first kappa shape index (κ1) is 7.01. The molecular weight excluding hydrogens is 162 g/mol. The summed E-state index contributed by atoms with van der Waals surface area (Å²) < 4.78 is 5.68. The van der Waals surface area contributed by atoms with Gasteiger partial charge >= 0.3 is 0 Å². The lowest BCUT2D eigenvalue weighted by Crippen LogP contribution is -2.08. The summed E-state index contributed by atoms with van der Waals surface area (Å²) in [6, 6.07) is 6.37. The van der Waals surface area contributed by atoms with Crippen LogP contribution in [-0.4, -0.2) is 11.6 Å². The molecule has 1 aliphatic rings. The van der Waals surface area contributed by atoms with Crippen molar-refractivity contribution in [1.29, 1.82) is 0 Å². The molecule has 0 saturated carbocycles. The van der Waals surface area contributed by atoms with E-state index in [0.717, 1.165) is 25.2 Å². The van der Waals surface area contributed by atoms with Crippen molar-refractivity contribution in [2.45, 2.75) is 12.8 Å². The topological polar surface area (TPSA) is 25.0 Å². The van der Waals surface area contributed by atoms with E-state index in [9.17, 15) is 0 Å². The highest BCUT2D eigenvalue weighted by atomic mass is 16.5. The molecule has 1 aliphatic heterocycles. The van der Waals surface area contributed by atoms with Crippen LogP contribution >= 0.6 is 0 Å². The van der Waals surface area contributed by atoms with Crippen LogP contribution < -0.4 is 4.74 Å². The molecule has 66 valence electrons. The molecule has 2 heteroatoms. The predicted molar refractivity (Wildman–Crippen MR) is 52.1 cm³/mol. The molecule has 0 atom stereocenters. The summed E-state index contributed by atoms with van der Waals surface area (Å²) in [5.41, 5.74) is 2.51. The molecule has 0 aliphatic carbocycles. The van der Waals surface area contributed by atoms with Gasteiger partial charge in [0.25, 0.3) is 0 Å². The summed E-state index contributed by atoms with van der Waals surface area (Å²) in [4.78, 5) is 3.19. The monoisotopic (exact) mass is 173 g/mol. The molecule has 0 amide bonds. The molecule has 1 aromatic heterocycles. The molecule has 13 heavy (non-hydrogen) atoms. The molecule has 0 spiro atoms. The number of H-pyrrole nitrogens is 1. The first-order chi connectivity index (χ1) is 6.45. The molecule has 2 heterocycles. The molecule has 2 aromatic rings. The summed E-state index contributed by atoms with van der Waals surface area (Å²) >= 11 is 0. The minimum atomic E-state index is 0.858. The Morgan fingerprint density at radius 2 is 2.23 bits per heavy atom. The van der Waals surface area contributed by atoms with Gasteiger partial charge < -0.3 is 9.72 Å². The van der Waals surface area contributed by atoms with E-state index in [2.05, 4.69) is 23.2 Å². The van der Waals surface area contributed by atoms with Crippen molar-refractivity contribution in [3.8, 4) is 5.75 Å². The molecule has 0 unspecified atom stereocenters. The second-order valence-electron chi connectivity index (χ2n) is 3.44. The number of benzene rings is 1. The van der Waals surface area contributed by atoms with E-state index in [4.69, 9.17) is 4.74 Å². The smallest absolute Gasteiger partial charge is 0.131 e. The van der Waals surface area contributed by atoms with Crippen LogP contribution in [0.1, 0.15) is 12.0 Å². The lowest BCUT2D eigenvalue weighted by Gasteiger charge is -2.17. The van der Waals surface area contributed by atoms with Crippen LogP contribution in [0, 0.1) is 0 Å². The summed E-state index contributed by atoms with van der Waals surface area (Å²) in [7, 11) is 0. The van der Waals surface area contributed by atoms with Gasteiger partial charge in [-0.15, -0.1) is 0 Å². The highest BCUT2D eigenvalue weighted by Crippen LogP contribution is 2.32. The Morgan fingerprint density at radius 1 is 1.23 bits per heavy atom. The number of ether oxygens (including phenoxy) is 1. The van der Waals surface area contributed by atoms with Gasteiger partial charge in [-0.2, -0.15) is 0 Å². The Labute approximate surface area is 76.5 Å². The van der Waals surface area contributed by atoms with Crippen molar-refractivity contribution in [3.63, 3.8) is 0 Å². The van der Waals surface area contributed by atoms with Gasteiger partial charge in [-0.25, -0.2) is 0 Å². The van der Waals surface area contributed by atoms with Gasteiger partial charge in [-0.3, -0.25) is 0 Å². The van der Waals surface area contributed by atoms with Crippen LogP contribution in [0.25, 0.3) is 10.9 Å². The maximum atomic E-state index is 5.68.